The Hall–Kier alpha value is -6.14. The molecular formula is C44H56N10O7S. The van der Waals surface area contributed by atoms with Crippen LogP contribution < -0.4 is 34.1 Å². The molecule has 1 unspecified atom stereocenters. The van der Waals surface area contributed by atoms with Gasteiger partial charge < -0.3 is 34.1 Å². The van der Waals surface area contributed by atoms with E-state index in [1.165, 1.54) is 10.6 Å². The average molecular weight is 869 g/mol. The van der Waals surface area contributed by atoms with Gasteiger partial charge in [-0.1, -0.05) is 0 Å². The van der Waals surface area contributed by atoms with Gasteiger partial charge in [-0.2, -0.15) is 14.5 Å². The summed E-state index contributed by atoms with van der Waals surface area (Å²) in [5, 5.41) is 12.6. The SMILES string of the molecule is COc1ccc(-c2c(C)nc3c(N4CCCC(NC(C)=O)C4)cc(C)nn23)cc1OC.COc1ccc(-c2c(C)nc3c(N4CCN(S(C)(=O)=O)CC4)cc(C)nn23)cc1OC. The number of piperazine rings is 1. The number of amides is 1. The maximum Gasteiger partial charge on any atom is 0.217 e. The van der Waals surface area contributed by atoms with E-state index in [1.807, 2.05) is 79.2 Å². The number of hydrogen-bond donors (Lipinski definition) is 1. The molecule has 0 saturated carbocycles. The summed E-state index contributed by atoms with van der Waals surface area (Å²) in [6.07, 6.45) is 3.26. The van der Waals surface area contributed by atoms with E-state index >= 15 is 0 Å². The molecule has 0 radical (unpaired) electrons. The summed E-state index contributed by atoms with van der Waals surface area (Å²) in [6.45, 7) is 13.3. The van der Waals surface area contributed by atoms with Crippen LogP contribution in [0, 0.1) is 27.7 Å². The third kappa shape index (κ3) is 8.92. The number of imidazole rings is 2. The highest BCUT2D eigenvalue weighted by Crippen LogP contribution is 2.37. The number of sulfonamides is 1. The number of rotatable bonds is 10. The molecule has 2 aromatic carbocycles. The molecule has 2 fully saturated rings. The van der Waals surface area contributed by atoms with Gasteiger partial charge in [0.25, 0.3) is 0 Å². The lowest BCUT2D eigenvalue weighted by atomic mass is 10.0. The Morgan fingerprint density at radius 2 is 1.13 bits per heavy atom. The number of aromatic nitrogens is 6. The van der Waals surface area contributed by atoms with Crippen molar-refractivity contribution in [2.45, 2.75) is 53.5 Å². The maximum absolute atomic E-state index is 11.9. The van der Waals surface area contributed by atoms with E-state index in [9.17, 15) is 13.2 Å². The summed E-state index contributed by atoms with van der Waals surface area (Å²) in [7, 11) is 3.29. The van der Waals surface area contributed by atoms with Crippen LogP contribution in [-0.2, 0) is 14.8 Å². The van der Waals surface area contributed by atoms with Crippen molar-refractivity contribution < 1.29 is 32.2 Å². The molecule has 0 bridgehead atoms. The van der Waals surface area contributed by atoms with Crippen LogP contribution in [0.1, 0.15) is 42.5 Å². The van der Waals surface area contributed by atoms with Gasteiger partial charge in [0.15, 0.2) is 34.3 Å². The quantitative estimate of drug-likeness (QED) is 0.190. The molecule has 0 aliphatic carbocycles. The molecule has 8 rings (SSSR count). The zero-order chi connectivity index (χ0) is 44.5. The smallest absolute Gasteiger partial charge is 0.217 e. The Bertz CT molecular complexity index is 2730. The van der Waals surface area contributed by atoms with Crippen LogP contribution in [-0.4, -0.2) is 128 Å². The molecule has 6 heterocycles. The van der Waals surface area contributed by atoms with Crippen LogP contribution in [0.4, 0.5) is 11.4 Å². The van der Waals surface area contributed by atoms with Gasteiger partial charge >= 0.3 is 0 Å². The molecule has 1 amide bonds. The predicted molar refractivity (Wildman–Crippen MR) is 240 cm³/mol. The molecule has 330 valence electrons. The predicted octanol–water partition coefficient (Wildman–Crippen LogP) is 5.25. The monoisotopic (exact) mass is 868 g/mol. The average Bonchev–Trinajstić information content (AvgIpc) is 3.76. The summed E-state index contributed by atoms with van der Waals surface area (Å²) in [5.74, 6) is 2.65. The number of ether oxygens (including phenoxy) is 4. The van der Waals surface area contributed by atoms with Crippen molar-refractivity contribution in [2.75, 3.05) is 83.8 Å². The maximum atomic E-state index is 11.9. The topological polar surface area (TPSA) is 170 Å². The number of methoxy groups -OCH3 is 4. The molecule has 2 saturated heterocycles. The lowest BCUT2D eigenvalue weighted by molar-refractivity contribution is -0.119. The van der Waals surface area contributed by atoms with Gasteiger partial charge in [-0.3, -0.25) is 4.79 Å². The zero-order valence-corrected chi connectivity index (χ0v) is 38.0. The fourth-order valence-electron chi connectivity index (χ4n) is 8.42. The molecule has 17 nitrogen and oxygen atoms in total. The number of anilines is 2. The first-order valence-electron chi connectivity index (χ1n) is 20.5. The van der Waals surface area contributed by atoms with Gasteiger partial charge in [-0.05, 0) is 89.1 Å². The van der Waals surface area contributed by atoms with E-state index in [0.717, 1.165) is 93.9 Å². The second kappa shape index (κ2) is 18.1. The summed E-state index contributed by atoms with van der Waals surface area (Å²) in [5.41, 5.74) is 10.8. The summed E-state index contributed by atoms with van der Waals surface area (Å²) >= 11 is 0. The van der Waals surface area contributed by atoms with Crippen molar-refractivity contribution in [2.24, 2.45) is 0 Å². The van der Waals surface area contributed by atoms with Gasteiger partial charge in [-0.15, -0.1) is 0 Å². The van der Waals surface area contributed by atoms with E-state index in [0.29, 0.717) is 49.2 Å². The first kappa shape index (κ1) is 43.9. The van der Waals surface area contributed by atoms with Crippen LogP contribution >= 0.6 is 0 Å². The van der Waals surface area contributed by atoms with Crippen LogP contribution in [0.25, 0.3) is 33.8 Å². The van der Waals surface area contributed by atoms with Gasteiger partial charge in [-0.25, -0.2) is 27.4 Å². The Morgan fingerprint density at radius 3 is 1.56 bits per heavy atom. The van der Waals surface area contributed by atoms with Crippen LogP contribution in [0.2, 0.25) is 0 Å². The highest BCUT2D eigenvalue weighted by atomic mass is 32.2. The lowest BCUT2D eigenvalue weighted by Crippen LogP contribution is -2.48. The zero-order valence-electron chi connectivity index (χ0n) is 37.1. The first-order chi connectivity index (χ1) is 29.6. The number of piperidine rings is 1. The number of aryl methyl sites for hydroxylation is 4. The summed E-state index contributed by atoms with van der Waals surface area (Å²) < 4.78 is 50.7. The van der Waals surface area contributed by atoms with Gasteiger partial charge in [0, 0.05) is 63.4 Å². The van der Waals surface area contributed by atoms with Gasteiger partial charge in [0.1, 0.15) is 0 Å². The molecule has 0 spiro atoms. The molecule has 2 aliphatic rings. The molecule has 18 heteroatoms. The fraction of sp³-hybridized carbons (Fsp3) is 0.432. The molecular weight excluding hydrogens is 813 g/mol. The number of fused-ring (bicyclic) bond motifs is 2. The summed E-state index contributed by atoms with van der Waals surface area (Å²) in [4.78, 5) is 25.7. The minimum Gasteiger partial charge on any atom is -0.493 e. The standard InChI is InChI=1S/C23H29N5O3.C21H27N5O4S/c1-14-11-19(27-10-6-7-18(13-27)25-16(3)29)23-24-15(2)22(28(23)26-14)17-8-9-20(30-4)21(12-17)31-5;1-14-12-17(24-8-10-25(11-9-24)31(5,27)28)21-22-15(2)20(26(21)23-14)16-6-7-18(29-3)19(13-16)30-4/h8-9,11-12,18H,6-7,10,13H2,1-5H3,(H,25,29);6-7,12-13H,8-11H2,1-5H3. The third-order valence-electron chi connectivity index (χ3n) is 11.3. The van der Waals surface area contributed by atoms with Gasteiger partial charge in [0.05, 0.1) is 80.2 Å². The number of nitrogens with zero attached hydrogens (tertiary/aromatic N) is 9. The number of hydrogen-bond acceptors (Lipinski definition) is 13. The molecule has 6 aromatic rings. The second-order valence-corrected chi connectivity index (χ2v) is 17.7. The van der Waals surface area contributed by atoms with E-state index in [-0.39, 0.29) is 11.9 Å². The second-order valence-electron chi connectivity index (χ2n) is 15.7. The number of carbonyl (C=O) groups is 1. The van der Waals surface area contributed by atoms with Crippen LogP contribution in [0.15, 0.2) is 48.5 Å². The fourth-order valence-corrected chi connectivity index (χ4v) is 9.24. The normalized spacial score (nSPS) is 15.9. The number of nitrogens with one attached hydrogen (secondary N) is 1. The highest BCUT2D eigenvalue weighted by molar-refractivity contribution is 7.88. The van der Waals surface area contributed by atoms with Crippen molar-refractivity contribution >= 4 is 38.6 Å². The van der Waals surface area contributed by atoms with Crippen LogP contribution in [0.3, 0.4) is 0 Å². The Kier molecular flexibility index (Phi) is 12.8. The number of benzene rings is 2. The first-order valence-corrected chi connectivity index (χ1v) is 22.4. The van der Waals surface area contributed by atoms with Crippen LogP contribution in [0.5, 0.6) is 23.0 Å². The minimum absolute atomic E-state index is 0.00954. The summed E-state index contributed by atoms with van der Waals surface area (Å²) in [6, 6.07) is 15.8. The van der Waals surface area contributed by atoms with Crippen molar-refractivity contribution in [3.8, 4) is 45.5 Å². The van der Waals surface area contributed by atoms with E-state index in [4.69, 9.17) is 39.1 Å². The largest absolute Gasteiger partial charge is 0.493 e. The van der Waals surface area contributed by atoms with E-state index in [1.54, 1.807) is 35.4 Å². The van der Waals surface area contributed by atoms with Crippen molar-refractivity contribution in [1.82, 2.24) is 38.8 Å². The lowest BCUT2D eigenvalue weighted by Gasteiger charge is -2.34. The highest BCUT2D eigenvalue weighted by Gasteiger charge is 2.28. The van der Waals surface area contributed by atoms with Crippen molar-refractivity contribution in [3.63, 3.8) is 0 Å². The molecule has 4 aromatic heterocycles. The molecule has 1 atom stereocenters. The Balaban J connectivity index is 0.000000186. The molecule has 62 heavy (non-hydrogen) atoms. The van der Waals surface area contributed by atoms with Crippen molar-refractivity contribution in [3.05, 3.63) is 71.3 Å². The van der Waals surface area contributed by atoms with E-state index in [2.05, 4.69) is 21.2 Å². The number of carbonyl (C=O) groups excluding carboxylic acids is 1. The van der Waals surface area contributed by atoms with Crippen molar-refractivity contribution in [1.29, 1.82) is 0 Å². The molecule has 1 N–H and O–H groups in total. The molecule has 2 aliphatic heterocycles. The van der Waals surface area contributed by atoms with E-state index < -0.39 is 10.0 Å². The Morgan fingerprint density at radius 1 is 0.661 bits per heavy atom. The third-order valence-corrected chi connectivity index (χ3v) is 12.6. The minimum atomic E-state index is -3.18. The van der Waals surface area contributed by atoms with Gasteiger partial charge in [0.2, 0.25) is 15.9 Å². The Labute approximate surface area is 362 Å².